The van der Waals surface area contributed by atoms with E-state index in [9.17, 15) is 0 Å². The molecule has 8 rings (SSSR count). The molecule has 0 fully saturated rings. The molecule has 0 radical (unpaired) electrons. The number of benzene rings is 6. The molecule has 180 valence electrons. The Morgan fingerprint density at radius 3 is 1.82 bits per heavy atom. The van der Waals surface area contributed by atoms with Crippen LogP contribution in [0.2, 0.25) is 0 Å². The minimum atomic E-state index is -0.353. The van der Waals surface area contributed by atoms with Crippen molar-refractivity contribution < 1.29 is 4.74 Å². The molecule has 1 heterocycles. The molecule has 2 atom stereocenters. The maximum Gasteiger partial charge on any atom is 0.136 e. The lowest BCUT2D eigenvalue weighted by Crippen LogP contribution is -2.32. The Balaban J connectivity index is 1.18. The molecule has 6 aromatic carbocycles. The van der Waals surface area contributed by atoms with Gasteiger partial charge >= 0.3 is 0 Å². The highest BCUT2D eigenvalue weighted by Crippen LogP contribution is 2.49. The molecule has 1 aliphatic heterocycles. The molecule has 1 nitrogen and oxygen atoms in total. The number of ether oxygens (including phenoxy) is 1. The summed E-state index contributed by atoms with van der Waals surface area (Å²) in [6.07, 6.45) is 6.84. The monoisotopic (exact) mass is 486 g/mol. The van der Waals surface area contributed by atoms with Crippen LogP contribution in [0.3, 0.4) is 0 Å². The number of allylic oxidation sites excluding steroid dienone is 2. The van der Waals surface area contributed by atoms with E-state index in [1.807, 2.05) is 6.07 Å². The zero-order valence-electron chi connectivity index (χ0n) is 21.2. The van der Waals surface area contributed by atoms with Crippen molar-refractivity contribution in [3.05, 3.63) is 145 Å². The van der Waals surface area contributed by atoms with Crippen molar-refractivity contribution >= 4 is 37.9 Å². The Morgan fingerprint density at radius 1 is 0.553 bits per heavy atom. The standard InChI is InChI=1S/C37H26O/c1-37-23-27(19-21-35(37)33-12-6-7-13-36(33)38-37)25-16-14-24(15-17-25)26-18-20-32-30-10-3-2-8-28(30)29-9-4-5-11-31(29)34(32)22-26/h2-23,35H,1H3. The van der Waals surface area contributed by atoms with Gasteiger partial charge in [0.1, 0.15) is 11.4 Å². The summed E-state index contributed by atoms with van der Waals surface area (Å²) in [5, 5.41) is 7.84. The third-order valence-corrected chi connectivity index (χ3v) is 8.41. The average molecular weight is 487 g/mol. The molecular formula is C37H26O. The first-order valence-electron chi connectivity index (χ1n) is 13.3. The van der Waals surface area contributed by atoms with E-state index in [0.717, 1.165) is 5.75 Å². The quantitative estimate of drug-likeness (QED) is 0.221. The number of para-hydroxylation sites is 1. The number of hydrogen-bond donors (Lipinski definition) is 0. The SMILES string of the molecule is CC12C=C(c3ccc(-c4ccc5c6ccccc6c6ccccc6c5c4)cc3)C=CC1c1ccccc1O2. The summed E-state index contributed by atoms with van der Waals surface area (Å²) in [6.45, 7) is 2.19. The highest BCUT2D eigenvalue weighted by Gasteiger charge is 2.43. The van der Waals surface area contributed by atoms with Crippen molar-refractivity contribution in [2.24, 2.45) is 0 Å². The second-order valence-corrected chi connectivity index (χ2v) is 10.7. The molecule has 0 saturated heterocycles. The molecule has 0 amide bonds. The lowest BCUT2D eigenvalue weighted by Gasteiger charge is -2.30. The fraction of sp³-hybridized carbons (Fsp3) is 0.0811. The lowest BCUT2D eigenvalue weighted by atomic mass is 9.79. The first-order valence-corrected chi connectivity index (χ1v) is 13.3. The van der Waals surface area contributed by atoms with Crippen LogP contribution in [-0.2, 0) is 0 Å². The van der Waals surface area contributed by atoms with Crippen molar-refractivity contribution in [3.63, 3.8) is 0 Å². The van der Waals surface area contributed by atoms with Gasteiger partial charge in [0.2, 0.25) is 0 Å². The topological polar surface area (TPSA) is 9.23 Å². The zero-order chi connectivity index (χ0) is 25.3. The van der Waals surface area contributed by atoms with Gasteiger partial charge in [-0.1, -0.05) is 115 Å². The second-order valence-electron chi connectivity index (χ2n) is 10.7. The molecule has 0 bridgehead atoms. The molecular weight excluding hydrogens is 460 g/mol. The smallest absolute Gasteiger partial charge is 0.136 e. The van der Waals surface area contributed by atoms with Gasteiger partial charge in [0, 0.05) is 11.5 Å². The number of rotatable bonds is 2. The van der Waals surface area contributed by atoms with Gasteiger partial charge in [-0.15, -0.1) is 0 Å². The Morgan fingerprint density at radius 2 is 1.11 bits per heavy atom. The number of fused-ring (bicyclic) bond motifs is 9. The summed E-state index contributed by atoms with van der Waals surface area (Å²) in [6, 6.07) is 41.7. The summed E-state index contributed by atoms with van der Waals surface area (Å²) < 4.78 is 6.42. The normalized spacial score (nSPS) is 19.8. The molecule has 0 saturated carbocycles. The van der Waals surface area contributed by atoms with Crippen molar-refractivity contribution in [2.45, 2.75) is 18.4 Å². The van der Waals surface area contributed by atoms with Crippen LogP contribution in [0, 0.1) is 0 Å². The van der Waals surface area contributed by atoms with Crippen LogP contribution in [0.5, 0.6) is 5.75 Å². The molecule has 6 aromatic rings. The summed E-state index contributed by atoms with van der Waals surface area (Å²) >= 11 is 0. The average Bonchev–Trinajstić information content (AvgIpc) is 3.28. The lowest BCUT2D eigenvalue weighted by molar-refractivity contribution is 0.156. The third-order valence-electron chi connectivity index (χ3n) is 8.41. The summed E-state index contributed by atoms with van der Waals surface area (Å²) in [7, 11) is 0. The van der Waals surface area contributed by atoms with Crippen molar-refractivity contribution in [3.8, 4) is 16.9 Å². The van der Waals surface area contributed by atoms with Gasteiger partial charge in [-0.3, -0.25) is 0 Å². The third kappa shape index (κ3) is 3.12. The minimum Gasteiger partial charge on any atom is -0.482 e. The fourth-order valence-electron chi connectivity index (χ4n) is 6.53. The number of hydrogen-bond acceptors (Lipinski definition) is 1. The van der Waals surface area contributed by atoms with Gasteiger partial charge < -0.3 is 4.74 Å². The van der Waals surface area contributed by atoms with Crippen LogP contribution in [0.25, 0.3) is 49.0 Å². The van der Waals surface area contributed by atoms with Gasteiger partial charge in [0.05, 0.1) is 0 Å². The van der Waals surface area contributed by atoms with Crippen molar-refractivity contribution in [2.75, 3.05) is 0 Å². The Bertz CT molecular complexity index is 1920. The Hall–Kier alpha value is -4.62. The van der Waals surface area contributed by atoms with Crippen LogP contribution in [-0.4, -0.2) is 5.60 Å². The van der Waals surface area contributed by atoms with Gasteiger partial charge in [0.15, 0.2) is 0 Å². The highest BCUT2D eigenvalue weighted by molar-refractivity contribution is 6.25. The van der Waals surface area contributed by atoms with Crippen LogP contribution in [0.4, 0.5) is 0 Å². The maximum atomic E-state index is 6.42. The summed E-state index contributed by atoms with van der Waals surface area (Å²) in [4.78, 5) is 0. The van der Waals surface area contributed by atoms with Gasteiger partial charge in [-0.2, -0.15) is 0 Å². The molecule has 0 aromatic heterocycles. The van der Waals surface area contributed by atoms with E-state index < -0.39 is 0 Å². The summed E-state index contributed by atoms with van der Waals surface area (Å²) in [5.41, 5.74) is 5.80. The predicted molar refractivity (Wildman–Crippen MR) is 160 cm³/mol. The second kappa shape index (κ2) is 7.94. The van der Waals surface area contributed by atoms with Crippen LogP contribution >= 0.6 is 0 Å². The predicted octanol–water partition coefficient (Wildman–Crippen LogP) is 9.70. The van der Waals surface area contributed by atoms with Gasteiger partial charge in [0.25, 0.3) is 0 Å². The van der Waals surface area contributed by atoms with E-state index in [-0.39, 0.29) is 11.5 Å². The van der Waals surface area contributed by atoms with E-state index in [1.165, 1.54) is 60.1 Å². The van der Waals surface area contributed by atoms with Gasteiger partial charge in [-0.25, -0.2) is 0 Å². The van der Waals surface area contributed by atoms with E-state index in [4.69, 9.17) is 4.74 Å². The molecule has 0 spiro atoms. The molecule has 2 aliphatic rings. The highest BCUT2D eigenvalue weighted by atomic mass is 16.5. The molecule has 2 unspecified atom stereocenters. The minimum absolute atomic E-state index is 0.255. The van der Waals surface area contributed by atoms with Crippen LogP contribution in [0.1, 0.15) is 24.0 Å². The fourth-order valence-corrected chi connectivity index (χ4v) is 6.53. The molecule has 1 aliphatic carbocycles. The van der Waals surface area contributed by atoms with Crippen LogP contribution in [0.15, 0.2) is 133 Å². The van der Waals surface area contributed by atoms with E-state index in [1.54, 1.807) is 0 Å². The largest absolute Gasteiger partial charge is 0.482 e. The van der Waals surface area contributed by atoms with E-state index >= 15 is 0 Å². The van der Waals surface area contributed by atoms with E-state index in [0.29, 0.717) is 0 Å². The molecule has 38 heavy (non-hydrogen) atoms. The first-order chi connectivity index (χ1) is 18.7. The molecule has 0 N–H and O–H groups in total. The maximum absolute atomic E-state index is 6.42. The van der Waals surface area contributed by atoms with Crippen molar-refractivity contribution in [1.82, 2.24) is 0 Å². The zero-order valence-corrected chi connectivity index (χ0v) is 21.2. The van der Waals surface area contributed by atoms with Gasteiger partial charge in [-0.05, 0) is 79.7 Å². The Kier molecular flexibility index (Phi) is 4.48. The first kappa shape index (κ1) is 21.5. The van der Waals surface area contributed by atoms with Crippen molar-refractivity contribution in [1.29, 1.82) is 0 Å². The molecule has 1 heteroatoms. The van der Waals surface area contributed by atoms with Crippen LogP contribution < -0.4 is 4.74 Å². The Labute approximate surface area is 222 Å². The van der Waals surface area contributed by atoms with E-state index in [2.05, 4.69) is 134 Å². The summed E-state index contributed by atoms with van der Waals surface area (Å²) in [5.74, 6) is 1.25.